The van der Waals surface area contributed by atoms with Crippen molar-refractivity contribution in [3.05, 3.63) is 26.6 Å². The minimum Gasteiger partial charge on any atom is -0.274 e. The van der Waals surface area contributed by atoms with Gasteiger partial charge in [-0.15, -0.1) is 0 Å². The molecule has 0 N–H and O–H groups in total. The number of pyridine rings is 1. The summed E-state index contributed by atoms with van der Waals surface area (Å²) in [7, 11) is 0. The first-order valence-corrected chi connectivity index (χ1v) is 5.01. The van der Waals surface area contributed by atoms with E-state index in [1.165, 1.54) is 22.6 Å². The molecule has 78 valence electrons. The molecule has 1 aromatic heterocycles. The maximum Gasteiger partial charge on any atom is 0.271 e. The van der Waals surface area contributed by atoms with Gasteiger partial charge < -0.3 is 0 Å². The molecule has 0 spiro atoms. The Morgan fingerprint density at radius 1 is 1.67 bits per heavy atom. The molecule has 3 nitrogen and oxygen atoms in total. The van der Waals surface area contributed by atoms with Crippen molar-refractivity contribution in [3.63, 3.8) is 0 Å². The fourth-order valence-corrected chi connectivity index (χ4v) is 2.15. The van der Waals surface area contributed by atoms with Crippen LogP contribution in [0.3, 0.4) is 0 Å². The molecule has 0 aliphatic rings. The summed E-state index contributed by atoms with van der Waals surface area (Å²) in [5, 5.41) is 7.65. The fourth-order valence-electron chi connectivity index (χ4n) is 0.941. The standard InChI is InChI=1S/C8H2ClF2IN2O/c9-7(15)6-5(12)4(8(10)11)3(1-13)2-14-6/h2,8H. The predicted molar refractivity (Wildman–Crippen MR) is 56.8 cm³/mol. The molecule has 0 saturated heterocycles. The Hall–Kier alpha value is -0.810. The molecule has 7 heteroatoms. The lowest BCUT2D eigenvalue weighted by Gasteiger charge is -2.07. The molecular formula is C8H2ClF2IN2O. The van der Waals surface area contributed by atoms with Crippen LogP contribution in [0.5, 0.6) is 0 Å². The Morgan fingerprint density at radius 2 is 2.27 bits per heavy atom. The molecule has 0 saturated carbocycles. The molecule has 1 heterocycles. The molecule has 1 rings (SSSR count). The number of carbonyl (C=O) groups is 1. The molecule has 0 aliphatic heterocycles. The molecule has 0 unspecified atom stereocenters. The first kappa shape index (κ1) is 12.3. The molecule has 0 radical (unpaired) electrons. The Bertz CT molecular complexity index is 459. The number of halogens is 4. The van der Waals surface area contributed by atoms with Crippen LogP contribution in [-0.2, 0) is 0 Å². The third-order valence-electron chi connectivity index (χ3n) is 1.58. The molecule has 0 amide bonds. The second-order valence-corrected chi connectivity index (χ2v) is 3.86. The second kappa shape index (κ2) is 4.81. The van der Waals surface area contributed by atoms with Crippen LogP contribution < -0.4 is 0 Å². The van der Waals surface area contributed by atoms with Gasteiger partial charge in [0.15, 0.2) is 0 Å². The number of hydrogen-bond donors (Lipinski definition) is 0. The van der Waals surface area contributed by atoms with Gasteiger partial charge in [0.2, 0.25) is 0 Å². The lowest BCUT2D eigenvalue weighted by atomic mass is 10.1. The quantitative estimate of drug-likeness (QED) is 0.613. The molecule has 0 fully saturated rings. The van der Waals surface area contributed by atoms with Crippen LogP contribution in [0.2, 0.25) is 0 Å². The van der Waals surface area contributed by atoms with Crippen LogP contribution >= 0.6 is 34.2 Å². The molecular weight excluding hydrogens is 340 g/mol. The van der Waals surface area contributed by atoms with Crippen LogP contribution in [0.4, 0.5) is 8.78 Å². The van der Waals surface area contributed by atoms with Gasteiger partial charge in [0.25, 0.3) is 11.7 Å². The SMILES string of the molecule is N#Cc1cnc(C(=O)Cl)c(I)c1C(F)F. The van der Waals surface area contributed by atoms with Gasteiger partial charge in [-0.2, -0.15) is 5.26 Å². The van der Waals surface area contributed by atoms with Crippen LogP contribution in [-0.4, -0.2) is 10.2 Å². The minimum absolute atomic E-state index is 0.0818. The largest absolute Gasteiger partial charge is 0.274 e. The molecule has 0 bridgehead atoms. The van der Waals surface area contributed by atoms with Gasteiger partial charge in [-0.05, 0) is 34.2 Å². The monoisotopic (exact) mass is 342 g/mol. The van der Waals surface area contributed by atoms with Crippen molar-refractivity contribution in [3.8, 4) is 6.07 Å². The number of hydrogen-bond acceptors (Lipinski definition) is 3. The Morgan fingerprint density at radius 3 is 2.67 bits per heavy atom. The molecule has 0 aromatic carbocycles. The van der Waals surface area contributed by atoms with Crippen LogP contribution in [0.15, 0.2) is 6.20 Å². The van der Waals surface area contributed by atoms with Crippen molar-refractivity contribution in [1.82, 2.24) is 4.98 Å². The van der Waals surface area contributed by atoms with E-state index in [-0.39, 0.29) is 14.8 Å². The minimum atomic E-state index is -2.84. The summed E-state index contributed by atoms with van der Waals surface area (Å²) < 4.78 is 25.1. The summed E-state index contributed by atoms with van der Waals surface area (Å²) in [6.45, 7) is 0. The van der Waals surface area contributed by atoms with Gasteiger partial charge >= 0.3 is 0 Å². The van der Waals surface area contributed by atoms with E-state index in [4.69, 9.17) is 16.9 Å². The van der Waals surface area contributed by atoms with Crippen molar-refractivity contribution in [1.29, 1.82) is 5.26 Å². The average Bonchev–Trinajstić information content (AvgIpc) is 2.15. The number of rotatable bonds is 2. The number of carbonyl (C=O) groups excluding carboxylic acids is 1. The molecule has 0 atom stereocenters. The number of nitriles is 1. The maximum atomic E-state index is 12.6. The first-order valence-electron chi connectivity index (χ1n) is 3.55. The normalized spacial score (nSPS) is 10.1. The third-order valence-corrected chi connectivity index (χ3v) is 2.85. The van der Waals surface area contributed by atoms with E-state index in [0.29, 0.717) is 0 Å². The average molecular weight is 342 g/mol. The van der Waals surface area contributed by atoms with E-state index in [9.17, 15) is 13.6 Å². The zero-order valence-corrected chi connectivity index (χ0v) is 9.88. The smallest absolute Gasteiger partial charge is 0.271 e. The van der Waals surface area contributed by atoms with Crippen LogP contribution in [0.1, 0.15) is 28.0 Å². The number of nitrogens with zero attached hydrogens (tertiary/aromatic N) is 2. The molecule has 0 aliphatic carbocycles. The number of aromatic nitrogens is 1. The van der Waals surface area contributed by atoms with E-state index in [1.54, 1.807) is 6.07 Å². The zero-order chi connectivity index (χ0) is 11.6. The maximum absolute atomic E-state index is 12.6. The van der Waals surface area contributed by atoms with E-state index < -0.39 is 17.2 Å². The highest BCUT2D eigenvalue weighted by molar-refractivity contribution is 14.1. The summed E-state index contributed by atoms with van der Waals surface area (Å²) in [5.74, 6) is 0. The summed E-state index contributed by atoms with van der Waals surface area (Å²) in [6.07, 6.45) is -1.93. The highest BCUT2D eigenvalue weighted by Gasteiger charge is 2.22. The van der Waals surface area contributed by atoms with Gasteiger partial charge in [0, 0.05) is 6.20 Å². The van der Waals surface area contributed by atoms with Crippen molar-refractivity contribution < 1.29 is 13.6 Å². The van der Waals surface area contributed by atoms with E-state index in [2.05, 4.69) is 4.98 Å². The molecule has 15 heavy (non-hydrogen) atoms. The summed E-state index contributed by atoms with van der Waals surface area (Å²) in [5.41, 5.74) is -1.01. The van der Waals surface area contributed by atoms with Crippen molar-refractivity contribution in [2.75, 3.05) is 0 Å². The van der Waals surface area contributed by atoms with Crippen molar-refractivity contribution in [2.45, 2.75) is 6.43 Å². The summed E-state index contributed by atoms with van der Waals surface area (Å²) in [6, 6.07) is 1.58. The fraction of sp³-hybridized carbons (Fsp3) is 0.125. The lowest BCUT2D eigenvalue weighted by molar-refractivity contribution is 0.107. The Balaban J connectivity index is 3.51. The van der Waals surface area contributed by atoms with Gasteiger partial charge in [0.1, 0.15) is 11.8 Å². The zero-order valence-electron chi connectivity index (χ0n) is 6.97. The van der Waals surface area contributed by atoms with E-state index >= 15 is 0 Å². The highest BCUT2D eigenvalue weighted by Crippen LogP contribution is 2.29. The third kappa shape index (κ3) is 2.41. The van der Waals surface area contributed by atoms with Gasteiger partial charge in [-0.3, -0.25) is 4.79 Å². The van der Waals surface area contributed by atoms with Crippen molar-refractivity contribution in [2.24, 2.45) is 0 Å². The van der Waals surface area contributed by atoms with E-state index in [0.717, 1.165) is 6.20 Å². The Kier molecular flexibility index (Phi) is 3.93. The Labute approximate surface area is 102 Å². The highest BCUT2D eigenvalue weighted by atomic mass is 127. The summed E-state index contributed by atoms with van der Waals surface area (Å²) >= 11 is 6.67. The lowest BCUT2D eigenvalue weighted by Crippen LogP contribution is -2.05. The van der Waals surface area contributed by atoms with Crippen molar-refractivity contribution >= 4 is 39.4 Å². The van der Waals surface area contributed by atoms with Gasteiger partial charge in [-0.25, -0.2) is 13.8 Å². The molecule has 1 aromatic rings. The van der Waals surface area contributed by atoms with Gasteiger partial charge in [-0.1, -0.05) is 0 Å². The first-order chi connectivity index (χ1) is 6.99. The van der Waals surface area contributed by atoms with E-state index in [1.807, 2.05) is 0 Å². The predicted octanol–water partition coefficient (Wildman–Crippen LogP) is 2.87. The van der Waals surface area contributed by atoms with Crippen LogP contribution in [0.25, 0.3) is 0 Å². The number of alkyl halides is 2. The topological polar surface area (TPSA) is 53.8 Å². The second-order valence-electron chi connectivity index (χ2n) is 2.43. The summed E-state index contributed by atoms with van der Waals surface area (Å²) in [4.78, 5) is 14.4. The van der Waals surface area contributed by atoms with Gasteiger partial charge in [0.05, 0.1) is 14.7 Å². The van der Waals surface area contributed by atoms with Crippen LogP contribution in [0, 0.1) is 14.9 Å².